The number of nitrogens with zero attached hydrogens (tertiary/aromatic N) is 2. The number of aryl methyl sites for hydroxylation is 2. The van der Waals surface area contributed by atoms with Gasteiger partial charge in [0.05, 0.1) is 11.3 Å². The minimum absolute atomic E-state index is 0.0808. The zero-order valence-corrected chi connectivity index (χ0v) is 14.0. The predicted molar refractivity (Wildman–Crippen MR) is 88.3 cm³/mol. The second-order valence-electron chi connectivity index (χ2n) is 5.52. The first-order valence-electron chi connectivity index (χ1n) is 7.60. The van der Waals surface area contributed by atoms with E-state index >= 15 is 0 Å². The lowest BCUT2D eigenvalue weighted by molar-refractivity contribution is -0.123. The summed E-state index contributed by atoms with van der Waals surface area (Å²) in [6.45, 7) is 4.04. The van der Waals surface area contributed by atoms with Crippen molar-refractivity contribution in [3.63, 3.8) is 0 Å². The second kappa shape index (κ2) is 7.63. The van der Waals surface area contributed by atoms with Crippen molar-refractivity contribution in [2.24, 2.45) is 7.05 Å². The van der Waals surface area contributed by atoms with Gasteiger partial charge < -0.3 is 15.2 Å². The van der Waals surface area contributed by atoms with Gasteiger partial charge in [-0.25, -0.2) is 4.79 Å². The van der Waals surface area contributed by atoms with Crippen LogP contribution in [0.2, 0.25) is 0 Å². The van der Waals surface area contributed by atoms with Gasteiger partial charge in [-0.3, -0.25) is 9.48 Å². The lowest BCUT2D eigenvalue weighted by Gasteiger charge is -2.08. The van der Waals surface area contributed by atoms with Gasteiger partial charge >= 0.3 is 5.97 Å². The Morgan fingerprint density at radius 2 is 2.08 bits per heavy atom. The van der Waals surface area contributed by atoms with Gasteiger partial charge in [-0.15, -0.1) is 0 Å². The number of ether oxygens (including phenoxy) is 1. The van der Waals surface area contributed by atoms with E-state index < -0.39 is 5.97 Å². The monoisotopic (exact) mass is 331 g/mol. The van der Waals surface area contributed by atoms with E-state index in [1.54, 1.807) is 16.8 Å². The minimum atomic E-state index is -0.962. The van der Waals surface area contributed by atoms with Crippen molar-refractivity contribution in [2.45, 2.75) is 20.3 Å². The molecule has 1 heterocycles. The molecule has 128 valence electrons. The molecule has 0 spiro atoms. The molecule has 0 aliphatic carbocycles. The smallest absolute Gasteiger partial charge is 0.335 e. The molecule has 24 heavy (non-hydrogen) atoms. The normalized spacial score (nSPS) is 10.5. The Morgan fingerprint density at radius 1 is 1.33 bits per heavy atom. The van der Waals surface area contributed by atoms with Crippen LogP contribution in [0, 0.1) is 13.8 Å². The molecule has 0 atom stereocenters. The molecule has 2 rings (SSSR count). The Bertz CT molecular complexity index is 752. The Labute approximate surface area is 140 Å². The summed E-state index contributed by atoms with van der Waals surface area (Å²) >= 11 is 0. The Hall–Kier alpha value is -2.83. The molecular weight excluding hydrogens is 310 g/mol. The summed E-state index contributed by atoms with van der Waals surface area (Å²) in [6, 6.07) is 6.67. The number of carbonyl (C=O) groups is 2. The molecule has 0 saturated carbocycles. The number of carboxylic acids is 1. The summed E-state index contributed by atoms with van der Waals surface area (Å²) in [5.74, 6) is -0.564. The van der Waals surface area contributed by atoms with Crippen molar-refractivity contribution in [3.05, 3.63) is 46.8 Å². The number of rotatable bonds is 7. The highest BCUT2D eigenvalue weighted by atomic mass is 16.5. The van der Waals surface area contributed by atoms with Gasteiger partial charge in [0.15, 0.2) is 12.4 Å². The van der Waals surface area contributed by atoms with Gasteiger partial charge in [-0.1, -0.05) is 12.1 Å². The molecule has 0 fully saturated rings. The Morgan fingerprint density at radius 3 is 2.71 bits per heavy atom. The maximum Gasteiger partial charge on any atom is 0.335 e. The zero-order chi connectivity index (χ0) is 17.7. The molecule has 0 aliphatic heterocycles. The highest BCUT2D eigenvalue weighted by molar-refractivity contribution is 5.87. The van der Waals surface area contributed by atoms with Crippen molar-refractivity contribution in [3.8, 4) is 5.75 Å². The van der Waals surface area contributed by atoms with E-state index in [1.807, 2.05) is 27.0 Å². The molecule has 0 aliphatic rings. The lowest BCUT2D eigenvalue weighted by atomic mass is 10.1. The topological polar surface area (TPSA) is 93.5 Å². The molecule has 2 N–H and O–H groups in total. The Kier molecular flexibility index (Phi) is 5.57. The van der Waals surface area contributed by atoms with Crippen LogP contribution in [0.25, 0.3) is 0 Å². The van der Waals surface area contributed by atoms with Crippen LogP contribution in [-0.2, 0) is 18.3 Å². The van der Waals surface area contributed by atoms with Crippen LogP contribution >= 0.6 is 0 Å². The number of aromatic carboxylic acids is 1. The largest absolute Gasteiger partial charge is 0.480 e. The molecule has 2 aromatic rings. The van der Waals surface area contributed by atoms with Gasteiger partial charge in [0.1, 0.15) is 5.69 Å². The summed E-state index contributed by atoms with van der Waals surface area (Å²) in [4.78, 5) is 22.8. The molecule has 7 nitrogen and oxygen atoms in total. The van der Waals surface area contributed by atoms with E-state index in [1.165, 1.54) is 6.07 Å². The summed E-state index contributed by atoms with van der Waals surface area (Å²) in [5.41, 5.74) is 2.71. The van der Waals surface area contributed by atoms with Crippen LogP contribution in [-0.4, -0.2) is 39.9 Å². The number of nitrogens with one attached hydrogen (secondary N) is 1. The molecular formula is C17H21N3O4. The van der Waals surface area contributed by atoms with Crippen molar-refractivity contribution >= 4 is 11.9 Å². The van der Waals surface area contributed by atoms with E-state index in [4.69, 9.17) is 9.84 Å². The molecule has 1 aromatic heterocycles. The van der Waals surface area contributed by atoms with Crippen LogP contribution < -0.4 is 10.1 Å². The van der Waals surface area contributed by atoms with Gasteiger partial charge in [-0.2, -0.15) is 5.10 Å². The number of carbonyl (C=O) groups excluding carboxylic acids is 1. The van der Waals surface area contributed by atoms with Crippen molar-refractivity contribution in [1.29, 1.82) is 0 Å². The van der Waals surface area contributed by atoms with Crippen molar-refractivity contribution in [1.82, 2.24) is 15.1 Å². The number of carboxylic acid groups (broad SMARTS) is 1. The number of aromatic nitrogens is 2. The zero-order valence-electron chi connectivity index (χ0n) is 14.0. The fourth-order valence-corrected chi connectivity index (χ4v) is 2.36. The van der Waals surface area contributed by atoms with Crippen molar-refractivity contribution in [2.75, 3.05) is 13.2 Å². The van der Waals surface area contributed by atoms with Crippen LogP contribution in [0.15, 0.2) is 24.3 Å². The predicted octanol–water partition coefficient (Wildman–Crippen LogP) is 1.47. The molecule has 1 aromatic carbocycles. The fraction of sp³-hybridized carbons (Fsp3) is 0.353. The average Bonchev–Trinajstić information content (AvgIpc) is 2.78. The van der Waals surface area contributed by atoms with E-state index in [0.29, 0.717) is 18.7 Å². The number of hydrogen-bond donors (Lipinski definition) is 2. The second-order valence-corrected chi connectivity index (χ2v) is 5.52. The first kappa shape index (κ1) is 17.5. The van der Waals surface area contributed by atoms with Gasteiger partial charge in [0.25, 0.3) is 5.91 Å². The quantitative estimate of drug-likeness (QED) is 0.801. The summed E-state index contributed by atoms with van der Waals surface area (Å²) in [6.07, 6.45) is 0.553. The van der Waals surface area contributed by atoms with Crippen LogP contribution in [0.5, 0.6) is 5.75 Å². The van der Waals surface area contributed by atoms with E-state index in [0.717, 1.165) is 17.0 Å². The maximum atomic E-state index is 11.9. The highest BCUT2D eigenvalue weighted by Crippen LogP contribution is 2.20. The van der Waals surface area contributed by atoms with Gasteiger partial charge in [0.2, 0.25) is 0 Å². The molecule has 0 radical (unpaired) electrons. The summed E-state index contributed by atoms with van der Waals surface area (Å²) in [5, 5.41) is 15.9. The molecule has 0 saturated heterocycles. The van der Waals surface area contributed by atoms with Gasteiger partial charge in [-0.05, 0) is 38.0 Å². The number of amides is 1. The number of benzene rings is 1. The number of hydrogen-bond acceptors (Lipinski definition) is 4. The SMILES string of the molecule is Cc1nn(C)c(C)c1OCC(=O)NCCc1cccc(C(=O)O)c1. The fourth-order valence-electron chi connectivity index (χ4n) is 2.36. The van der Waals surface area contributed by atoms with Crippen LogP contribution in [0.1, 0.15) is 27.3 Å². The average molecular weight is 331 g/mol. The van der Waals surface area contributed by atoms with E-state index in [9.17, 15) is 9.59 Å². The third-order valence-electron chi connectivity index (χ3n) is 3.70. The summed E-state index contributed by atoms with van der Waals surface area (Å²) in [7, 11) is 1.82. The van der Waals surface area contributed by atoms with Gasteiger partial charge in [0, 0.05) is 13.6 Å². The molecule has 1 amide bonds. The Balaban J connectivity index is 1.79. The highest BCUT2D eigenvalue weighted by Gasteiger charge is 2.12. The van der Waals surface area contributed by atoms with E-state index in [2.05, 4.69) is 10.4 Å². The van der Waals surface area contributed by atoms with Crippen LogP contribution in [0.4, 0.5) is 0 Å². The molecule has 7 heteroatoms. The standard InChI is InChI=1S/C17H21N3O4/c1-11-16(12(2)20(3)19-11)24-10-15(21)18-8-7-13-5-4-6-14(9-13)17(22)23/h4-6,9H,7-8,10H2,1-3H3,(H,18,21)(H,22,23). The third-order valence-corrected chi connectivity index (χ3v) is 3.70. The first-order chi connectivity index (χ1) is 11.4. The maximum absolute atomic E-state index is 11.9. The van der Waals surface area contributed by atoms with Crippen LogP contribution in [0.3, 0.4) is 0 Å². The van der Waals surface area contributed by atoms with E-state index in [-0.39, 0.29) is 18.1 Å². The van der Waals surface area contributed by atoms with Crippen molar-refractivity contribution < 1.29 is 19.4 Å². The molecule has 0 unspecified atom stereocenters. The molecule has 0 bridgehead atoms. The third kappa shape index (κ3) is 4.34. The lowest BCUT2D eigenvalue weighted by Crippen LogP contribution is -2.30. The minimum Gasteiger partial charge on any atom is -0.480 e. The summed E-state index contributed by atoms with van der Waals surface area (Å²) < 4.78 is 7.24. The first-order valence-corrected chi connectivity index (χ1v) is 7.60.